The van der Waals surface area contributed by atoms with Gasteiger partial charge in [-0.2, -0.15) is 0 Å². The molecule has 0 aliphatic heterocycles. The molecule has 0 aromatic heterocycles. The topological polar surface area (TPSA) is 83.5 Å². The zero-order valence-corrected chi connectivity index (χ0v) is 18.1. The number of carboxylic acids is 1. The van der Waals surface area contributed by atoms with Gasteiger partial charge in [-0.3, -0.25) is 4.79 Å². The van der Waals surface area contributed by atoms with Gasteiger partial charge in [0.2, 0.25) is 0 Å². The molecule has 4 aliphatic carbocycles. The Balaban J connectivity index is 1.61. The molecule has 10 atom stereocenters. The van der Waals surface area contributed by atoms with Crippen LogP contribution in [0.1, 0.15) is 85.0 Å². The van der Waals surface area contributed by atoms with Gasteiger partial charge in [0.1, 0.15) is 0 Å². The van der Waals surface area contributed by atoms with Crippen molar-refractivity contribution >= 4 is 5.97 Å². The number of aliphatic carboxylic acids is 1. The minimum atomic E-state index is -0.729. The van der Waals surface area contributed by atoms with E-state index >= 15 is 0 Å². The Morgan fingerprint density at radius 2 is 1.89 bits per heavy atom. The van der Waals surface area contributed by atoms with Crippen molar-refractivity contribution in [2.75, 3.05) is 0 Å². The molecule has 0 spiro atoms. The number of rotatable bonds is 4. The first-order chi connectivity index (χ1) is 13.2. The number of carboxylic acid groups (broad SMARTS) is 1. The third-order valence-electron chi connectivity index (χ3n) is 10.3. The van der Waals surface area contributed by atoms with E-state index in [-0.39, 0.29) is 35.8 Å². The maximum atomic E-state index is 11.5. The van der Waals surface area contributed by atoms with Gasteiger partial charge in [0, 0.05) is 17.9 Å². The van der Waals surface area contributed by atoms with Gasteiger partial charge < -0.3 is 15.9 Å². The molecule has 0 amide bonds. The van der Waals surface area contributed by atoms with Gasteiger partial charge in [-0.25, -0.2) is 0 Å². The molecule has 3 unspecified atom stereocenters. The van der Waals surface area contributed by atoms with Crippen molar-refractivity contribution in [3.63, 3.8) is 0 Å². The summed E-state index contributed by atoms with van der Waals surface area (Å²) in [5.74, 6) is 2.41. The van der Waals surface area contributed by atoms with Crippen molar-refractivity contribution in [2.24, 2.45) is 52.1 Å². The van der Waals surface area contributed by atoms with Crippen LogP contribution in [0.4, 0.5) is 0 Å². The van der Waals surface area contributed by atoms with Crippen molar-refractivity contribution in [3.8, 4) is 0 Å². The molecule has 0 saturated heterocycles. The maximum Gasteiger partial charge on any atom is 0.303 e. The van der Waals surface area contributed by atoms with Crippen LogP contribution in [0.15, 0.2) is 0 Å². The Morgan fingerprint density at radius 1 is 1.14 bits per heavy atom. The molecule has 4 fully saturated rings. The molecule has 0 radical (unpaired) electrons. The van der Waals surface area contributed by atoms with Gasteiger partial charge >= 0.3 is 5.97 Å². The number of nitrogens with two attached hydrogens (primary N) is 1. The third-order valence-corrected chi connectivity index (χ3v) is 10.3. The van der Waals surface area contributed by atoms with Crippen LogP contribution in [0.25, 0.3) is 0 Å². The first-order valence-electron chi connectivity index (χ1n) is 11.8. The van der Waals surface area contributed by atoms with Crippen molar-refractivity contribution in [1.82, 2.24) is 0 Å². The van der Waals surface area contributed by atoms with Crippen molar-refractivity contribution in [2.45, 2.75) is 97.1 Å². The Kier molecular flexibility index (Phi) is 5.36. The molecule has 28 heavy (non-hydrogen) atoms. The summed E-state index contributed by atoms with van der Waals surface area (Å²) in [6.45, 7) is 6.99. The summed E-state index contributed by atoms with van der Waals surface area (Å²) < 4.78 is 0. The number of aliphatic hydroxyl groups is 1. The average molecular weight is 392 g/mol. The lowest BCUT2D eigenvalue weighted by Gasteiger charge is -2.62. The van der Waals surface area contributed by atoms with Crippen molar-refractivity contribution < 1.29 is 15.0 Å². The second-order valence-corrected chi connectivity index (χ2v) is 11.4. The second-order valence-electron chi connectivity index (χ2n) is 11.4. The van der Waals surface area contributed by atoms with Gasteiger partial charge in [-0.05, 0) is 85.9 Å². The van der Waals surface area contributed by atoms with E-state index in [9.17, 15) is 9.90 Å². The Hall–Kier alpha value is -0.610. The molecule has 4 rings (SSSR count). The fraction of sp³-hybridized carbons (Fsp3) is 0.958. The molecule has 4 aliphatic rings. The van der Waals surface area contributed by atoms with E-state index in [1.807, 2.05) is 0 Å². The fourth-order valence-electron chi connectivity index (χ4n) is 8.97. The third kappa shape index (κ3) is 2.96. The van der Waals surface area contributed by atoms with Crippen LogP contribution >= 0.6 is 0 Å². The number of hydrogen-bond donors (Lipinski definition) is 3. The summed E-state index contributed by atoms with van der Waals surface area (Å²) in [6, 6.07) is 0.0871. The largest absolute Gasteiger partial charge is 0.481 e. The van der Waals surface area contributed by atoms with Gasteiger partial charge in [0.15, 0.2) is 0 Å². The zero-order chi connectivity index (χ0) is 20.3. The van der Waals surface area contributed by atoms with Gasteiger partial charge in [-0.1, -0.05) is 33.6 Å². The Bertz CT molecular complexity index is 609. The Labute approximate surface area is 170 Å². The minimum Gasteiger partial charge on any atom is -0.481 e. The van der Waals surface area contributed by atoms with Gasteiger partial charge in [0.25, 0.3) is 0 Å². The lowest BCUT2D eigenvalue weighted by molar-refractivity contribution is -0.168. The van der Waals surface area contributed by atoms with Crippen LogP contribution in [0.5, 0.6) is 0 Å². The van der Waals surface area contributed by atoms with Crippen LogP contribution < -0.4 is 5.73 Å². The molecule has 4 saturated carbocycles. The molecule has 0 aromatic carbocycles. The van der Waals surface area contributed by atoms with E-state index in [4.69, 9.17) is 10.8 Å². The van der Waals surface area contributed by atoms with Gasteiger partial charge in [0.05, 0.1) is 6.10 Å². The zero-order valence-electron chi connectivity index (χ0n) is 18.1. The highest BCUT2D eigenvalue weighted by Crippen LogP contribution is 2.68. The number of carbonyl (C=O) groups is 1. The standard InChI is InChI=1S/C24H41NO3/c1-14(7-10-21(27)28)22-19(25)12-18-16-9-8-15-6-4-5-11-23(15,2)17(16)13-20(26)24(18,22)3/h14-20,22,26H,4-13,25H2,1-3H3,(H,27,28)/t14-,15?,16-,17+,18+,19?,20?,22+,23+,24-/m1/s1. The van der Waals surface area contributed by atoms with Crippen LogP contribution in [0.2, 0.25) is 0 Å². The quantitative estimate of drug-likeness (QED) is 0.661. The summed E-state index contributed by atoms with van der Waals surface area (Å²) >= 11 is 0. The lowest BCUT2D eigenvalue weighted by Crippen LogP contribution is -2.58. The molecule has 160 valence electrons. The van der Waals surface area contributed by atoms with E-state index in [0.29, 0.717) is 29.6 Å². The molecule has 4 nitrogen and oxygen atoms in total. The van der Waals surface area contributed by atoms with Crippen molar-refractivity contribution in [1.29, 1.82) is 0 Å². The van der Waals surface area contributed by atoms with Crippen LogP contribution in [0.3, 0.4) is 0 Å². The summed E-state index contributed by atoms with van der Waals surface area (Å²) in [7, 11) is 0. The maximum absolute atomic E-state index is 11.5. The predicted octanol–water partition coefficient (Wildman–Crippen LogP) is 4.44. The highest BCUT2D eigenvalue weighted by atomic mass is 16.4. The summed E-state index contributed by atoms with van der Waals surface area (Å²) in [4.78, 5) is 11.1. The van der Waals surface area contributed by atoms with E-state index in [1.165, 1.54) is 38.5 Å². The predicted molar refractivity (Wildman–Crippen MR) is 111 cm³/mol. The van der Waals surface area contributed by atoms with Crippen LogP contribution in [-0.4, -0.2) is 28.3 Å². The first kappa shape index (κ1) is 20.7. The second kappa shape index (κ2) is 7.27. The average Bonchev–Trinajstić information content (AvgIpc) is 2.92. The van der Waals surface area contributed by atoms with Crippen LogP contribution in [0, 0.1) is 46.3 Å². The molecule has 0 aromatic rings. The molecule has 0 bridgehead atoms. The molecular formula is C24H41NO3. The highest BCUT2D eigenvalue weighted by molar-refractivity contribution is 5.66. The normalized spacial score (nSPS) is 51.7. The van der Waals surface area contributed by atoms with Crippen molar-refractivity contribution in [3.05, 3.63) is 0 Å². The van der Waals surface area contributed by atoms with Crippen LogP contribution in [-0.2, 0) is 4.79 Å². The van der Waals surface area contributed by atoms with E-state index < -0.39 is 5.97 Å². The van der Waals surface area contributed by atoms with E-state index in [2.05, 4.69) is 20.8 Å². The summed E-state index contributed by atoms with van der Waals surface area (Å²) in [5, 5.41) is 20.7. The van der Waals surface area contributed by atoms with E-state index in [1.54, 1.807) is 0 Å². The van der Waals surface area contributed by atoms with Gasteiger partial charge in [-0.15, -0.1) is 0 Å². The lowest BCUT2D eigenvalue weighted by atomic mass is 9.44. The number of hydrogen-bond acceptors (Lipinski definition) is 3. The Morgan fingerprint density at radius 3 is 2.61 bits per heavy atom. The first-order valence-corrected chi connectivity index (χ1v) is 11.8. The monoisotopic (exact) mass is 391 g/mol. The molecule has 0 heterocycles. The van der Waals surface area contributed by atoms with E-state index in [0.717, 1.165) is 18.8 Å². The number of fused-ring (bicyclic) bond motifs is 5. The molecular weight excluding hydrogens is 350 g/mol. The number of aliphatic hydroxyl groups excluding tert-OH is 1. The summed E-state index contributed by atoms with van der Waals surface area (Å²) in [5.41, 5.74) is 6.97. The SMILES string of the molecule is C[C@H](CCC(=O)O)[C@H]1C(N)C[C@H]2[C@@H]3CCC4CCCC[C@]4(C)[C@H]3CC(O)[C@]12C. The fourth-order valence-corrected chi connectivity index (χ4v) is 8.97. The summed E-state index contributed by atoms with van der Waals surface area (Å²) in [6.07, 6.45) is 10.6. The molecule has 4 heteroatoms. The smallest absolute Gasteiger partial charge is 0.303 e. The minimum absolute atomic E-state index is 0.0871. The molecule has 4 N–H and O–H groups in total. The highest BCUT2D eigenvalue weighted by Gasteiger charge is 2.65.